The lowest BCUT2D eigenvalue weighted by Gasteiger charge is -2.15. The molecule has 0 aliphatic heterocycles. The minimum Gasteiger partial charge on any atom is -0.396 e. The van der Waals surface area contributed by atoms with Gasteiger partial charge in [0.2, 0.25) is 0 Å². The molecule has 0 aromatic heterocycles. The molecule has 1 aromatic carbocycles. The van der Waals surface area contributed by atoms with Gasteiger partial charge < -0.3 is 10.4 Å². The first-order valence-electron chi connectivity index (χ1n) is 6.64. The first kappa shape index (κ1) is 16.1. The molecule has 0 saturated heterocycles. The molecule has 0 aliphatic carbocycles. The zero-order valence-corrected chi connectivity index (χ0v) is 11.8. The van der Waals surface area contributed by atoms with E-state index in [1.165, 1.54) is 6.07 Å². The summed E-state index contributed by atoms with van der Waals surface area (Å²) in [5, 5.41) is 22.6. The standard InChI is InChI=1S/C14H20N2O4/c1-3-11(7-8-17)9-15-14(18)13-10(2)5-4-6-12(13)16(19)20/h4-6,11,17H,3,7-9H2,1-2H3,(H,15,18). The number of carbonyl (C=O) groups excluding carboxylic acids is 1. The van der Waals surface area contributed by atoms with Gasteiger partial charge in [0.05, 0.1) is 4.92 Å². The Morgan fingerprint density at radius 1 is 1.50 bits per heavy atom. The Kier molecular flexibility index (Phi) is 6.11. The zero-order chi connectivity index (χ0) is 15.1. The van der Waals surface area contributed by atoms with E-state index in [1.54, 1.807) is 19.1 Å². The molecule has 20 heavy (non-hydrogen) atoms. The van der Waals surface area contributed by atoms with Crippen molar-refractivity contribution in [2.24, 2.45) is 5.92 Å². The monoisotopic (exact) mass is 280 g/mol. The molecule has 1 rings (SSSR count). The number of amides is 1. The summed E-state index contributed by atoms with van der Waals surface area (Å²) in [4.78, 5) is 22.6. The van der Waals surface area contributed by atoms with Gasteiger partial charge in [-0.2, -0.15) is 0 Å². The Labute approximate surface area is 118 Å². The van der Waals surface area contributed by atoms with Gasteiger partial charge in [0.15, 0.2) is 0 Å². The molecular weight excluding hydrogens is 260 g/mol. The van der Waals surface area contributed by atoms with Crippen LogP contribution in [-0.2, 0) is 0 Å². The van der Waals surface area contributed by atoms with Crippen molar-refractivity contribution in [3.8, 4) is 0 Å². The van der Waals surface area contributed by atoms with Gasteiger partial charge in [-0.05, 0) is 24.8 Å². The third-order valence-corrected chi connectivity index (χ3v) is 3.34. The maximum absolute atomic E-state index is 12.1. The molecule has 1 amide bonds. The number of aliphatic hydroxyl groups is 1. The molecule has 1 unspecified atom stereocenters. The molecule has 0 spiro atoms. The van der Waals surface area contributed by atoms with Crippen LogP contribution >= 0.6 is 0 Å². The van der Waals surface area contributed by atoms with E-state index in [0.29, 0.717) is 18.5 Å². The smallest absolute Gasteiger partial charge is 0.282 e. The SMILES string of the molecule is CCC(CCO)CNC(=O)c1c(C)cccc1[N+](=O)[O-]. The Balaban J connectivity index is 2.85. The second kappa shape index (κ2) is 7.59. The highest BCUT2D eigenvalue weighted by Crippen LogP contribution is 2.21. The van der Waals surface area contributed by atoms with E-state index in [9.17, 15) is 14.9 Å². The van der Waals surface area contributed by atoms with Crippen molar-refractivity contribution < 1.29 is 14.8 Å². The molecule has 0 saturated carbocycles. The topological polar surface area (TPSA) is 92.5 Å². The molecule has 6 heteroatoms. The molecule has 0 aliphatic rings. The Morgan fingerprint density at radius 2 is 2.20 bits per heavy atom. The molecule has 6 nitrogen and oxygen atoms in total. The normalized spacial score (nSPS) is 11.9. The average molecular weight is 280 g/mol. The average Bonchev–Trinajstić information content (AvgIpc) is 2.42. The second-order valence-corrected chi connectivity index (χ2v) is 4.72. The molecule has 0 heterocycles. The van der Waals surface area contributed by atoms with Crippen molar-refractivity contribution in [3.05, 3.63) is 39.4 Å². The number of aliphatic hydroxyl groups excluding tert-OH is 1. The largest absolute Gasteiger partial charge is 0.396 e. The summed E-state index contributed by atoms with van der Waals surface area (Å²) in [6.07, 6.45) is 1.43. The van der Waals surface area contributed by atoms with Crippen molar-refractivity contribution in [1.29, 1.82) is 0 Å². The molecule has 2 N–H and O–H groups in total. The molecule has 0 bridgehead atoms. The van der Waals surface area contributed by atoms with Gasteiger partial charge >= 0.3 is 0 Å². The van der Waals surface area contributed by atoms with Crippen LogP contribution < -0.4 is 5.32 Å². The fourth-order valence-corrected chi connectivity index (χ4v) is 2.06. The lowest BCUT2D eigenvalue weighted by atomic mass is 10.0. The number of rotatable bonds is 7. The van der Waals surface area contributed by atoms with E-state index in [0.717, 1.165) is 6.42 Å². The minimum atomic E-state index is -0.549. The minimum absolute atomic E-state index is 0.0683. The summed E-state index contributed by atoms with van der Waals surface area (Å²) in [7, 11) is 0. The maximum Gasteiger partial charge on any atom is 0.282 e. The van der Waals surface area contributed by atoms with Crippen molar-refractivity contribution in [1.82, 2.24) is 5.32 Å². The van der Waals surface area contributed by atoms with Crippen LogP contribution in [-0.4, -0.2) is 29.1 Å². The van der Waals surface area contributed by atoms with Gasteiger partial charge in [-0.15, -0.1) is 0 Å². The van der Waals surface area contributed by atoms with Gasteiger partial charge in [0.25, 0.3) is 11.6 Å². The summed E-state index contributed by atoms with van der Waals surface area (Å²) in [5.74, 6) is -0.266. The Hall–Kier alpha value is -1.95. The molecular formula is C14H20N2O4. The van der Waals surface area contributed by atoms with Crippen LogP contribution in [0.3, 0.4) is 0 Å². The molecule has 1 aromatic rings. The lowest BCUT2D eigenvalue weighted by molar-refractivity contribution is -0.385. The number of nitrogens with zero attached hydrogens (tertiary/aromatic N) is 1. The first-order chi connectivity index (χ1) is 9.51. The second-order valence-electron chi connectivity index (χ2n) is 4.72. The highest BCUT2D eigenvalue weighted by atomic mass is 16.6. The van der Waals surface area contributed by atoms with Gasteiger partial charge in [-0.3, -0.25) is 14.9 Å². The summed E-state index contributed by atoms with van der Waals surface area (Å²) >= 11 is 0. The van der Waals surface area contributed by atoms with Crippen LogP contribution in [0.1, 0.15) is 35.7 Å². The van der Waals surface area contributed by atoms with Gasteiger partial charge in [0.1, 0.15) is 5.56 Å². The molecule has 1 atom stereocenters. The quantitative estimate of drug-likeness (QED) is 0.590. The zero-order valence-electron chi connectivity index (χ0n) is 11.8. The number of benzene rings is 1. The van der Waals surface area contributed by atoms with E-state index in [4.69, 9.17) is 5.11 Å². The van der Waals surface area contributed by atoms with E-state index >= 15 is 0 Å². The highest BCUT2D eigenvalue weighted by Gasteiger charge is 2.22. The van der Waals surface area contributed by atoms with Crippen molar-refractivity contribution in [3.63, 3.8) is 0 Å². The van der Waals surface area contributed by atoms with Crippen LogP contribution in [0.25, 0.3) is 0 Å². The molecule has 110 valence electrons. The van der Waals surface area contributed by atoms with E-state index in [-0.39, 0.29) is 23.8 Å². The number of nitro benzene ring substituents is 1. The number of carbonyl (C=O) groups is 1. The van der Waals surface area contributed by atoms with Crippen LogP contribution in [0.5, 0.6) is 0 Å². The third-order valence-electron chi connectivity index (χ3n) is 3.34. The molecule has 0 radical (unpaired) electrons. The number of hydrogen-bond donors (Lipinski definition) is 2. The summed E-state index contributed by atoms with van der Waals surface area (Å²) in [6.45, 7) is 4.12. The van der Waals surface area contributed by atoms with Crippen LogP contribution in [0.4, 0.5) is 5.69 Å². The van der Waals surface area contributed by atoms with Crippen molar-refractivity contribution in [2.75, 3.05) is 13.2 Å². The third kappa shape index (κ3) is 4.03. The summed E-state index contributed by atoms with van der Waals surface area (Å²) in [6, 6.07) is 4.56. The van der Waals surface area contributed by atoms with Crippen molar-refractivity contribution >= 4 is 11.6 Å². The fraction of sp³-hybridized carbons (Fsp3) is 0.500. The van der Waals surface area contributed by atoms with Gasteiger partial charge in [-0.25, -0.2) is 0 Å². The van der Waals surface area contributed by atoms with Crippen LogP contribution in [0.2, 0.25) is 0 Å². The number of hydrogen-bond acceptors (Lipinski definition) is 4. The van der Waals surface area contributed by atoms with Crippen LogP contribution in [0, 0.1) is 23.0 Å². The van der Waals surface area contributed by atoms with Crippen LogP contribution in [0.15, 0.2) is 18.2 Å². The maximum atomic E-state index is 12.1. The number of nitro groups is 1. The van der Waals surface area contributed by atoms with Gasteiger partial charge in [-0.1, -0.05) is 25.5 Å². The predicted molar refractivity (Wildman–Crippen MR) is 75.7 cm³/mol. The Morgan fingerprint density at radius 3 is 2.75 bits per heavy atom. The van der Waals surface area contributed by atoms with E-state index < -0.39 is 10.8 Å². The van der Waals surface area contributed by atoms with Crippen molar-refractivity contribution in [2.45, 2.75) is 26.7 Å². The fourth-order valence-electron chi connectivity index (χ4n) is 2.06. The lowest BCUT2D eigenvalue weighted by Crippen LogP contribution is -2.30. The Bertz CT molecular complexity index is 488. The summed E-state index contributed by atoms with van der Waals surface area (Å²) < 4.78 is 0. The first-order valence-corrected chi connectivity index (χ1v) is 6.64. The predicted octanol–water partition coefficient (Wildman–Crippen LogP) is 2.04. The number of nitrogens with one attached hydrogen (secondary N) is 1. The van der Waals surface area contributed by atoms with E-state index in [1.807, 2.05) is 6.92 Å². The summed E-state index contributed by atoms with van der Waals surface area (Å²) in [5.41, 5.74) is 0.501. The molecule has 0 fully saturated rings. The van der Waals surface area contributed by atoms with Gasteiger partial charge in [0, 0.05) is 19.2 Å². The highest BCUT2D eigenvalue weighted by molar-refractivity contribution is 5.99. The van der Waals surface area contributed by atoms with E-state index in [2.05, 4.69) is 5.32 Å². The number of aryl methyl sites for hydroxylation is 1.